The summed E-state index contributed by atoms with van der Waals surface area (Å²) in [6.07, 6.45) is 3.63. The van der Waals surface area contributed by atoms with Gasteiger partial charge in [0.2, 0.25) is 0 Å². The van der Waals surface area contributed by atoms with Gasteiger partial charge in [0.1, 0.15) is 46.5 Å². The Hall–Kier alpha value is -4.21. The number of nitriles is 3. The third kappa shape index (κ3) is 4.21. The Morgan fingerprint density at radius 1 is 1.21 bits per heavy atom. The first kappa shape index (κ1) is 23.0. The number of allylic oxidation sites excluding steroid dienone is 2. The fraction of sp³-hybridized carbons (Fsp3) is 0.231. The van der Waals surface area contributed by atoms with Gasteiger partial charge in [-0.05, 0) is 49.3 Å². The zero-order valence-corrected chi connectivity index (χ0v) is 19.2. The quantitative estimate of drug-likeness (QED) is 0.284. The minimum absolute atomic E-state index is 0.0620. The molecule has 3 heterocycles. The number of rotatable bonds is 2. The Kier molecular flexibility index (Phi) is 6.06. The minimum Gasteiger partial charge on any atom is -0.616 e. The van der Waals surface area contributed by atoms with E-state index in [0.29, 0.717) is 40.0 Å². The highest BCUT2D eigenvalue weighted by Gasteiger charge is 2.38. The highest BCUT2D eigenvalue weighted by molar-refractivity contribution is 7.90. The van der Waals surface area contributed by atoms with Crippen molar-refractivity contribution in [2.45, 2.75) is 31.6 Å². The van der Waals surface area contributed by atoms with Crippen molar-refractivity contribution in [1.29, 1.82) is 15.8 Å². The van der Waals surface area contributed by atoms with Crippen LogP contribution in [0.1, 0.15) is 37.0 Å². The molecule has 1 aromatic heterocycles. The molecule has 166 valence electrons. The summed E-state index contributed by atoms with van der Waals surface area (Å²) in [5.74, 6) is 6.87. The first-order valence-corrected chi connectivity index (χ1v) is 11.8. The van der Waals surface area contributed by atoms with Crippen LogP contribution in [0.4, 0.5) is 0 Å². The third-order valence-electron chi connectivity index (χ3n) is 5.47. The Labute approximate surface area is 199 Å². The van der Waals surface area contributed by atoms with Crippen molar-refractivity contribution >= 4 is 28.2 Å². The molecule has 2 aliphatic heterocycles. The lowest BCUT2D eigenvalue weighted by Gasteiger charge is -2.20. The molecule has 1 unspecified atom stereocenters. The fourth-order valence-corrected chi connectivity index (χ4v) is 4.87. The summed E-state index contributed by atoms with van der Waals surface area (Å²) in [5, 5.41) is 28.7. The van der Waals surface area contributed by atoms with Gasteiger partial charge in [-0.15, -0.1) is 0 Å². The van der Waals surface area contributed by atoms with Gasteiger partial charge in [0.05, 0.1) is 12.0 Å². The third-order valence-corrected chi connectivity index (χ3v) is 6.77. The summed E-state index contributed by atoms with van der Waals surface area (Å²) in [4.78, 5) is 12.6. The molecule has 0 saturated carbocycles. The molecule has 2 aliphatic rings. The molecular weight excluding hydrogens is 450 g/mol. The predicted molar refractivity (Wildman–Crippen MR) is 126 cm³/mol. The molecule has 7 nitrogen and oxygen atoms in total. The van der Waals surface area contributed by atoms with E-state index >= 15 is 0 Å². The minimum atomic E-state index is -1.02. The zero-order chi connectivity index (χ0) is 24.5. The molecule has 0 fully saturated rings. The van der Waals surface area contributed by atoms with Crippen LogP contribution in [0.3, 0.4) is 0 Å². The Morgan fingerprint density at radius 2 is 1.97 bits per heavy atom. The zero-order valence-electron chi connectivity index (χ0n) is 18.4. The van der Waals surface area contributed by atoms with Crippen LogP contribution in [-0.4, -0.2) is 15.9 Å². The van der Waals surface area contributed by atoms with Crippen LogP contribution in [0, 0.1) is 45.8 Å². The SMILES string of the molecule is CC1(C)OC(=C(C#N)C#N)C(C#N)=C1/C=C/c1cc2cc3c(cc2oc1=O)C#CCC[S+]([O-])C3. The monoisotopic (exact) mass is 467 g/mol. The molecule has 0 spiro atoms. The van der Waals surface area contributed by atoms with Gasteiger partial charge in [-0.1, -0.05) is 17.9 Å². The molecule has 34 heavy (non-hydrogen) atoms. The molecule has 0 aliphatic carbocycles. The predicted octanol–water partition coefficient (Wildman–Crippen LogP) is 3.74. The number of fused-ring (bicyclic) bond motifs is 2. The summed E-state index contributed by atoms with van der Waals surface area (Å²) in [7, 11) is 0. The summed E-state index contributed by atoms with van der Waals surface area (Å²) in [6, 6.07) is 10.7. The second-order valence-corrected chi connectivity index (χ2v) is 9.73. The van der Waals surface area contributed by atoms with Crippen molar-refractivity contribution in [3.63, 3.8) is 0 Å². The van der Waals surface area contributed by atoms with Crippen LogP contribution in [-0.2, 0) is 21.7 Å². The molecule has 0 bridgehead atoms. The van der Waals surface area contributed by atoms with E-state index in [1.807, 2.05) is 12.1 Å². The molecule has 0 saturated heterocycles. The second-order valence-electron chi connectivity index (χ2n) is 8.15. The van der Waals surface area contributed by atoms with Crippen molar-refractivity contribution in [2.75, 3.05) is 5.75 Å². The van der Waals surface area contributed by atoms with E-state index in [4.69, 9.17) is 9.15 Å². The van der Waals surface area contributed by atoms with Gasteiger partial charge in [-0.25, -0.2) is 4.79 Å². The summed E-state index contributed by atoms with van der Waals surface area (Å²) in [5.41, 5.74) is 0.768. The highest BCUT2D eigenvalue weighted by Crippen LogP contribution is 2.40. The molecule has 8 heteroatoms. The normalized spacial score (nSPS) is 18.6. The van der Waals surface area contributed by atoms with E-state index in [-0.39, 0.29) is 22.5 Å². The van der Waals surface area contributed by atoms with Gasteiger partial charge in [0.15, 0.2) is 11.3 Å². The largest absolute Gasteiger partial charge is 0.616 e. The van der Waals surface area contributed by atoms with Crippen LogP contribution < -0.4 is 5.63 Å². The Bertz CT molecular complexity index is 1540. The maximum absolute atomic E-state index is 12.6. The van der Waals surface area contributed by atoms with Crippen molar-refractivity contribution in [3.05, 3.63) is 73.9 Å². The van der Waals surface area contributed by atoms with E-state index in [9.17, 15) is 25.1 Å². The Balaban J connectivity index is 1.82. The second kappa shape index (κ2) is 8.97. The van der Waals surface area contributed by atoms with Crippen molar-refractivity contribution < 1.29 is 13.7 Å². The summed E-state index contributed by atoms with van der Waals surface area (Å²) >= 11 is -1.02. The van der Waals surface area contributed by atoms with Crippen LogP contribution >= 0.6 is 0 Å². The van der Waals surface area contributed by atoms with E-state index in [1.54, 1.807) is 44.2 Å². The van der Waals surface area contributed by atoms with Crippen molar-refractivity contribution in [2.24, 2.45) is 0 Å². The standard InChI is InChI=1S/C26H17N3O4S/c1-26(2)22(21(14-29)24(33-26)20(12-27)13-28)7-6-17-9-18-10-19-15-34(31)8-4-3-5-16(19)11-23(18)32-25(17)30/h6-7,9-11H,4,8,15H2,1-2H3/b7-6+. The van der Waals surface area contributed by atoms with Crippen LogP contribution in [0.5, 0.6) is 0 Å². The topological polar surface area (TPSA) is 134 Å². The fourth-order valence-electron chi connectivity index (χ4n) is 3.81. The molecular formula is C26H17N3O4S. The maximum atomic E-state index is 12.6. The number of ether oxygens (including phenoxy) is 1. The van der Waals surface area contributed by atoms with Gasteiger partial charge >= 0.3 is 5.63 Å². The van der Waals surface area contributed by atoms with Gasteiger partial charge in [0, 0.05) is 22.1 Å². The van der Waals surface area contributed by atoms with Crippen LogP contribution in [0.2, 0.25) is 0 Å². The van der Waals surface area contributed by atoms with E-state index < -0.39 is 22.4 Å². The molecule has 0 radical (unpaired) electrons. The van der Waals surface area contributed by atoms with Crippen molar-refractivity contribution in [1.82, 2.24) is 0 Å². The number of nitrogens with zero attached hydrogens (tertiary/aromatic N) is 3. The van der Waals surface area contributed by atoms with Crippen LogP contribution in [0.25, 0.3) is 17.0 Å². The summed E-state index contributed by atoms with van der Waals surface area (Å²) in [6.45, 7) is 3.40. The maximum Gasteiger partial charge on any atom is 0.343 e. The van der Waals surface area contributed by atoms with Crippen molar-refractivity contribution in [3.8, 4) is 30.0 Å². The molecule has 1 aromatic carbocycles. The Morgan fingerprint density at radius 3 is 2.68 bits per heavy atom. The highest BCUT2D eigenvalue weighted by atomic mass is 32.2. The van der Waals surface area contributed by atoms with E-state index in [1.165, 1.54) is 6.08 Å². The number of benzene rings is 1. The number of hydrogen-bond acceptors (Lipinski definition) is 7. The van der Waals surface area contributed by atoms with Gasteiger partial charge < -0.3 is 13.7 Å². The molecule has 4 rings (SSSR count). The lowest BCUT2D eigenvalue weighted by molar-refractivity contribution is 0.0954. The average Bonchev–Trinajstić information content (AvgIpc) is 3.04. The summed E-state index contributed by atoms with van der Waals surface area (Å²) < 4.78 is 23.5. The van der Waals surface area contributed by atoms with E-state index in [2.05, 4.69) is 11.8 Å². The van der Waals surface area contributed by atoms with Gasteiger partial charge in [-0.3, -0.25) is 0 Å². The van der Waals surface area contributed by atoms with Crippen LogP contribution in [0.15, 0.2) is 56.0 Å². The lowest BCUT2D eigenvalue weighted by Crippen LogP contribution is -2.20. The first-order chi connectivity index (χ1) is 16.3. The lowest BCUT2D eigenvalue weighted by atomic mass is 9.94. The molecule has 2 aromatic rings. The van der Waals surface area contributed by atoms with Gasteiger partial charge in [0.25, 0.3) is 0 Å². The molecule has 1 atom stereocenters. The molecule has 0 N–H and O–H groups in total. The average molecular weight is 468 g/mol. The first-order valence-electron chi connectivity index (χ1n) is 10.3. The number of hydrogen-bond donors (Lipinski definition) is 0. The molecule has 0 amide bonds. The van der Waals surface area contributed by atoms with E-state index in [0.717, 1.165) is 5.56 Å². The van der Waals surface area contributed by atoms with Gasteiger partial charge in [-0.2, -0.15) is 15.8 Å². The smallest absolute Gasteiger partial charge is 0.343 e.